The Kier molecular flexibility index (Phi) is 7.56. The minimum Gasteiger partial charge on any atom is -1.00 e. The summed E-state index contributed by atoms with van der Waals surface area (Å²) in [6, 6.07) is 8.28. The van der Waals surface area contributed by atoms with Crippen LogP contribution in [-0.2, 0) is 28.7 Å². The van der Waals surface area contributed by atoms with Crippen LogP contribution in [0.1, 0.15) is 37.1 Å². The molecule has 0 unspecified atom stereocenters. The second-order valence-corrected chi connectivity index (χ2v) is 7.57. The van der Waals surface area contributed by atoms with Crippen molar-refractivity contribution in [3.8, 4) is 0 Å². The lowest BCUT2D eigenvalue weighted by molar-refractivity contribution is -0.677. The van der Waals surface area contributed by atoms with Gasteiger partial charge in [-0.25, -0.2) is 22.7 Å². The zero-order valence-corrected chi connectivity index (χ0v) is 18.2. The summed E-state index contributed by atoms with van der Waals surface area (Å²) in [5, 5.41) is 11.3. The summed E-state index contributed by atoms with van der Waals surface area (Å²) < 4.78 is 37.3. The summed E-state index contributed by atoms with van der Waals surface area (Å²) in [6.45, 7) is 2.41. The number of rotatable bonds is 6. The Balaban J connectivity index is 0.00000300. The number of carbonyl (C=O) groups is 1. The standard InChI is InChI=1S/C21H27F2N2O3.BrH/c1-16-24(2)11-12-25(16)13-14-28-19(26)21(27,17-7-4-3-5-8-17)18-9-6-10-20(22,23)15-18;/h3-5,7-8,11-12,18,27H,6,9-10,13-15H2,1-2H3;1H/q+1;/p-1/t18-,21-;/m0./s1. The van der Waals surface area contributed by atoms with E-state index in [4.69, 9.17) is 4.74 Å². The molecule has 2 aromatic rings. The van der Waals surface area contributed by atoms with Gasteiger partial charge in [0.2, 0.25) is 5.92 Å². The Morgan fingerprint density at radius 1 is 1.38 bits per heavy atom. The second kappa shape index (κ2) is 9.34. The van der Waals surface area contributed by atoms with E-state index in [-0.39, 0.29) is 36.4 Å². The van der Waals surface area contributed by atoms with Crippen LogP contribution < -0.4 is 21.5 Å². The van der Waals surface area contributed by atoms with Crippen LogP contribution in [0.5, 0.6) is 0 Å². The fraction of sp³-hybridized carbons (Fsp3) is 0.524. The molecule has 29 heavy (non-hydrogen) atoms. The number of imidazole rings is 1. The summed E-state index contributed by atoms with van der Waals surface area (Å²) >= 11 is 0. The Bertz CT molecular complexity index is 829. The Morgan fingerprint density at radius 2 is 2.07 bits per heavy atom. The molecule has 2 atom stereocenters. The van der Waals surface area contributed by atoms with E-state index in [0.29, 0.717) is 18.5 Å². The maximum absolute atomic E-state index is 14.0. The van der Waals surface area contributed by atoms with Crippen molar-refractivity contribution in [1.29, 1.82) is 0 Å². The number of nitrogens with zero attached hydrogens (tertiary/aromatic N) is 2. The van der Waals surface area contributed by atoms with Crippen LogP contribution in [-0.4, -0.2) is 28.2 Å². The monoisotopic (exact) mass is 472 g/mol. The van der Waals surface area contributed by atoms with Crippen LogP contribution in [0.2, 0.25) is 0 Å². The summed E-state index contributed by atoms with van der Waals surface area (Å²) in [7, 11) is 1.91. The first-order chi connectivity index (χ1) is 13.2. The number of carbonyl (C=O) groups excluding carboxylic acids is 1. The third-order valence-electron chi connectivity index (χ3n) is 5.72. The molecule has 5 nitrogen and oxygen atoms in total. The lowest BCUT2D eigenvalue weighted by Crippen LogP contribution is -3.00. The zero-order valence-electron chi connectivity index (χ0n) is 16.7. The quantitative estimate of drug-likeness (QED) is 0.471. The number of hydrogen-bond donors (Lipinski definition) is 1. The lowest BCUT2D eigenvalue weighted by atomic mass is 9.72. The van der Waals surface area contributed by atoms with Gasteiger partial charge in [0.05, 0.1) is 7.05 Å². The van der Waals surface area contributed by atoms with Gasteiger partial charge in [0.1, 0.15) is 25.5 Å². The van der Waals surface area contributed by atoms with E-state index in [1.54, 1.807) is 30.3 Å². The number of halogens is 3. The van der Waals surface area contributed by atoms with Crippen LogP contribution >= 0.6 is 0 Å². The van der Waals surface area contributed by atoms with E-state index in [1.807, 2.05) is 35.5 Å². The van der Waals surface area contributed by atoms with E-state index in [2.05, 4.69) is 0 Å². The van der Waals surface area contributed by atoms with Crippen LogP contribution in [0.15, 0.2) is 42.7 Å². The van der Waals surface area contributed by atoms with Gasteiger partial charge in [-0.3, -0.25) is 0 Å². The molecule has 0 saturated heterocycles. The predicted octanol–water partition coefficient (Wildman–Crippen LogP) is -0.118. The first-order valence-corrected chi connectivity index (χ1v) is 9.58. The zero-order chi connectivity index (χ0) is 20.4. The maximum atomic E-state index is 14.0. The minimum atomic E-state index is -2.89. The molecule has 1 aromatic heterocycles. The first-order valence-electron chi connectivity index (χ1n) is 9.58. The molecule has 0 aliphatic heterocycles. The van der Waals surface area contributed by atoms with Crippen molar-refractivity contribution in [3.05, 3.63) is 54.1 Å². The average molecular weight is 473 g/mol. The molecule has 1 heterocycles. The summed E-state index contributed by atoms with van der Waals surface area (Å²) in [5.74, 6) is -3.66. The number of aromatic nitrogens is 2. The number of ether oxygens (including phenoxy) is 1. The third kappa shape index (κ3) is 5.04. The van der Waals surface area contributed by atoms with Gasteiger partial charge in [-0.05, 0) is 18.4 Å². The van der Waals surface area contributed by atoms with Gasteiger partial charge in [-0.2, -0.15) is 0 Å². The van der Waals surface area contributed by atoms with E-state index < -0.39 is 29.8 Å². The van der Waals surface area contributed by atoms with Crippen molar-refractivity contribution < 1.29 is 45.0 Å². The normalized spacial score (nSPS) is 20.4. The fourth-order valence-electron chi connectivity index (χ4n) is 3.92. The van der Waals surface area contributed by atoms with Crippen molar-refractivity contribution in [3.63, 3.8) is 0 Å². The smallest absolute Gasteiger partial charge is 0.343 e. The minimum absolute atomic E-state index is 0. The third-order valence-corrected chi connectivity index (χ3v) is 5.72. The molecule has 0 bridgehead atoms. The van der Waals surface area contributed by atoms with Crippen LogP contribution in [0, 0.1) is 12.8 Å². The molecule has 1 fully saturated rings. The number of hydrogen-bond acceptors (Lipinski definition) is 3. The first kappa shape index (κ1) is 23.5. The van der Waals surface area contributed by atoms with E-state index in [0.717, 1.165) is 5.82 Å². The highest BCUT2D eigenvalue weighted by Gasteiger charge is 2.52. The summed E-state index contributed by atoms with van der Waals surface area (Å²) in [6.07, 6.45) is 3.63. The van der Waals surface area contributed by atoms with Gasteiger partial charge >= 0.3 is 5.97 Å². The highest BCUT2D eigenvalue weighted by Crippen LogP contribution is 2.45. The number of aryl methyl sites for hydroxylation is 1. The van der Waals surface area contributed by atoms with Crippen LogP contribution in [0.3, 0.4) is 0 Å². The van der Waals surface area contributed by atoms with Crippen molar-refractivity contribution in [2.75, 3.05) is 6.61 Å². The number of benzene rings is 1. The van der Waals surface area contributed by atoms with Gasteiger partial charge in [0.25, 0.3) is 5.82 Å². The Morgan fingerprint density at radius 3 is 2.66 bits per heavy atom. The van der Waals surface area contributed by atoms with Gasteiger partial charge in [-0.15, -0.1) is 0 Å². The highest BCUT2D eigenvalue weighted by atomic mass is 79.9. The van der Waals surface area contributed by atoms with Crippen molar-refractivity contribution in [1.82, 2.24) is 4.57 Å². The predicted molar refractivity (Wildman–Crippen MR) is 98.5 cm³/mol. The van der Waals surface area contributed by atoms with E-state index in [1.165, 1.54) is 0 Å². The van der Waals surface area contributed by atoms with Crippen LogP contribution in [0.4, 0.5) is 8.78 Å². The van der Waals surface area contributed by atoms with Gasteiger partial charge in [0.15, 0.2) is 5.60 Å². The molecule has 1 N–H and O–H groups in total. The molecular formula is C21H27BrF2N2O3. The second-order valence-electron chi connectivity index (χ2n) is 7.57. The molecule has 1 aromatic carbocycles. The Labute approximate surface area is 180 Å². The molecular weight excluding hydrogens is 446 g/mol. The summed E-state index contributed by atoms with van der Waals surface area (Å²) in [4.78, 5) is 12.9. The number of alkyl halides is 2. The average Bonchev–Trinajstić information content (AvgIpc) is 2.99. The number of aliphatic hydroxyl groups is 1. The topological polar surface area (TPSA) is 55.3 Å². The Hall–Kier alpha value is -1.80. The molecule has 160 valence electrons. The summed E-state index contributed by atoms with van der Waals surface area (Å²) in [5.41, 5.74) is -1.78. The van der Waals surface area contributed by atoms with Crippen molar-refractivity contribution in [2.24, 2.45) is 13.0 Å². The van der Waals surface area contributed by atoms with Crippen LogP contribution in [0.25, 0.3) is 0 Å². The SMILES string of the molecule is Cc1n(CCOC(=O)[C@](O)(c2ccccc2)[C@H]2CCCC(F)(F)C2)cc[n+]1C.[Br-]. The van der Waals surface area contributed by atoms with Gasteiger partial charge in [0, 0.05) is 25.7 Å². The van der Waals surface area contributed by atoms with E-state index in [9.17, 15) is 18.7 Å². The largest absolute Gasteiger partial charge is 1.00 e. The lowest BCUT2D eigenvalue weighted by Gasteiger charge is -2.39. The molecule has 0 radical (unpaired) electrons. The van der Waals surface area contributed by atoms with Gasteiger partial charge in [-0.1, -0.05) is 30.3 Å². The molecule has 0 spiro atoms. The fourth-order valence-corrected chi connectivity index (χ4v) is 3.92. The highest BCUT2D eigenvalue weighted by molar-refractivity contribution is 5.81. The van der Waals surface area contributed by atoms with Crippen molar-refractivity contribution in [2.45, 2.75) is 50.7 Å². The number of esters is 1. The molecule has 1 aliphatic carbocycles. The van der Waals surface area contributed by atoms with E-state index >= 15 is 0 Å². The maximum Gasteiger partial charge on any atom is 0.343 e. The molecule has 0 amide bonds. The molecule has 3 rings (SSSR count). The molecule has 1 aliphatic rings. The van der Waals surface area contributed by atoms with Gasteiger partial charge < -0.3 is 26.8 Å². The molecule has 1 saturated carbocycles. The van der Waals surface area contributed by atoms with Crippen molar-refractivity contribution >= 4 is 5.97 Å². The molecule has 8 heteroatoms.